The van der Waals surface area contributed by atoms with E-state index in [1.54, 1.807) is 12.1 Å². The van der Waals surface area contributed by atoms with Crippen molar-refractivity contribution >= 4 is 17.2 Å². The minimum Gasteiger partial charge on any atom is -0.487 e. The Morgan fingerprint density at radius 1 is 1.35 bits per heavy atom. The highest BCUT2D eigenvalue weighted by Gasteiger charge is 2.33. The van der Waals surface area contributed by atoms with Crippen LogP contribution in [0.1, 0.15) is 40.8 Å². The van der Waals surface area contributed by atoms with E-state index < -0.39 is 18.6 Å². The normalized spacial score (nSPS) is 11.4. The molecule has 0 atom stereocenters. The lowest BCUT2D eigenvalue weighted by molar-refractivity contribution is -0.140. The van der Waals surface area contributed by atoms with E-state index in [0.29, 0.717) is 18.6 Å². The summed E-state index contributed by atoms with van der Waals surface area (Å²) in [7, 11) is 0. The number of unbranched alkanes of at least 4 members (excludes halogenated alkanes) is 1. The van der Waals surface area contributed by atoms with Crippen LogP contribution < -0.4 is 4.74 Å². The Morgan fingerprint density at radius 2 is 2.12 bits per heavy atom. The molecule has 0 aliphatic carbocycles. The highest BCUT2D eigenvalue weighted by atomic mass is 32.1. The zero-order valence-electron chi connectivity index (χ0n) is 14.7. The fourth-order valence-corrected chi connectivity index (χ4v) is 2.95. The number of nitrogens with zero attached hydrogens (tertiary/aromatic N) is 2. The van der Waals surface area contributed by atoms with Gasteiger partial charge in [-0.1, -0.05) is 19.4 Å². The van der Waals surface area contributed by atoms with Gasteiger partial charge >= 0.3 is 6.18 Å². The van der Waals surface area contributed by atoms with Gasteiger partial charge in [0, 0.05) is 17.5 Å². The lowest BCUT2D eigenvalue weighted by Crippen LogP contribution is -2.39. The summed E-state index contributed by atoms with van der Waals surface area (Å²) in [6, 6.07) is 6.23. The summed E-state index contributed by atoms with van der Waals surface area (Å²) in [5.74, 6) is -0.227. The van der Waals surface area contributed by atoms with Crippen LogP contribution in [0.3, 0.4) is 0 Å². The van der Waals surface area contributed by atoms with Gasteiger partial charge < -0.3 is 9.64 Å². The Balaban J connectivity index is 2.08. The van der Waals surface area contributed by atoms with Crippen LogP contribution in [0.25, 0.3) is 0 Å². The van der Waals surface area contributed by atoms with E-state index in [1.165, 1.54) is 23.5 Å². The van der Waals surface area contributed by atoms with E-state index >= 15 is 0 Å². The molecule has 1 heterocycles. The number of carbonyl (C=O) groups excluding carboxylic acids is 1. The van der Waals surface area contributed by atoms with Gasteiger partial charge in [-0.3, -0.25) is 4.79 Å². The third kappa shape index (κ3) is 6.33. The minimum atomic E-state index is -4.43. The maximum atomic E-state index is 12.8. The average molecular weight is 386 g/mol. The summed E-state index contributed by atoms with van der Waals surface area (Å²) in [5, 5.41) is 2.80. The SMILES string of the molecule is CCCCN(CC(F)(F)F)C(=O)c1cccc(OCc2csc(C)n2)c1. The van der Waals surface area contributed by atoms with Crippen molar-refractivity contribution in [1.29, 1.82) is 0 Å². The quantitative estimate of drug-likeness (QED) is 0.652. The van der Waals surface area contributed by atoms with E-state index in [0.717, 1.165) is 15.6 Å². The summed E-state index contributed by atoms with van der Waals surface area (Å²) in [5.41, 5.74) is 0.947. The van der Waals surface area contributed by atoms with Gasteiger partial charge in [0.1, 0.15) is 18.9 Å². The first-order valence-corrected chi connectivity index (χ1v) is 9.16. The fraction of sp³-hybridized carbons (Fsp3) is 0.444. The molecule has 0 aliphatic heterocycles. The number of alkyl halides is 3. The smallest absolute Gasteiger partial charge is 0.406 e. The van der Waals surface area contributed by atoms with Crippen LogP contribution in [0, 0.1) is 6.92 Å². The van der Waals surface area contributed by atoms with Crippen molar-refractivity contribution in [3.63, 3.8) is 0 Å². The zero-order chi connectivity index (χ0) is 19.2. The van der Waals surface area contributed by atoms with Gasteiger partial charge in [-0.2, -0.15) is 13.2 Å². The number of hydrogen-bond acceptors (Lipinski definition) is 4. The minimum absolute atomic E-state index is 0.0675. The molecule has 2 aromatic rings. The maximum absolute atomic E-state index is 12.8. The van der Waals surface area contributed by atoms with Gasteiger partial charge in [0.2, 0.25) is 0 Å². The zero-order valence-corrected chi connectivity index (χ0v) is 15.5. The van der Waals surface area contributed by atoms with E-state index in [-0.39, 0.29) is 18.7 Å². The molecule has 0 bridgehead atoms. The number of thiazole rings is 1. The van der Waals surface area contributed by atoms with Crippen LogP contribution in [0.5, 0.6) is 5.75 Å². The lowest BCUT2D eigenvalue weighted by atomic mass is 10.1. The Labute approximate surface area is 154 Å². The van der Waals surface area contributed by atoms with Gasteiger partial charge in [0.25, 0.3) is 5.91 Å². The van der Waals surface area contributed by atoms with Crippen LogP contribution in [0.2, 0.25) is 0 Å². The van der Waals surface area contributed by atoms with Gasteiger partial charge in [0.05, 0.1) is 10.7 Å². The Bertz CT molecular complexity index is 731. The van der Waals surface area contributed by atoms with Crippen LogP contribution in [0.15, 0.2) is 29.6 Å². The van der Waals surface area contributed by atoms with E-state index in [2.05, 4.69) is 4.98 Å². The van der Waals surface area contributed by atoms with Gasteiger partial charge in [0.15, 0.2) is 0 Å². The second-order valence-corrected chi connectivity index (χ2v) is 6.93. The first-order chi connectivity index (χ1) is 12.3. The summed E-state index contributed by atoms with van der Waals surface area (Å²) in [6.45, 7) is 2.81. The largest absolute Gasteiger partial charge is 0.487 e. The van der Waals surface area contributed by atoms with Crippen LogP contribution in [-0.4, -0.2) is 35.1 Å². The summed E-state index contributed by atoms with van der Waals surface area (Å²) >= 11 is 1.51. The molecule has 1 aromatic heterocycles. The molecule has 1 amide bonds. The molecule has 0 saturated heterocycles. The molecule has 8 heteroatoms. The first-order valence-electron chi connectivity index (χ1n) is 8.28. The molecule has 0 unspecified atom stereocenters. The van der Waals surface area contributed by atoms with Gasteiger partial charge in [-0.05, 0) is 31.5 Å². The Hall–Kier alpha value is -2.09. The average Bonchev–Trinajstić information content (AvgIpc) is 3.01. The molecule has 0 radical (unpaired) electrons. The number of benzene rings is 1. The first kappa shape index (κ1) is 20.2. The van der Waals surface area contributed by atoms with Crippen molar-refractivity contribution in [2.75, 3.05) is 13.1 Å². The molecule has 4 nitrogen and oxygen atoms in total. The molecule has 142 valence electrons. The third-order valence-corrected chi connectivity index (χ3v) is 4.40. The highest BCUT2D eigenvalue weighted by molar-refractivity contribution is 7.09. The molecule has 0 saturated carbocycles. The number of rotatable bonds is 8. The van der Waals surface area contributed by atoms with Crippen molar-refractivity contribution in [2.45, 2.75) is 39.5 Å². The number of ether oxygens (including phenoxy) is 1. The molecule has 0 fully saturated rings. The molecule has 0 spiro atoms. The predicted octanol–water partition coefficient (Wildman–Crippen LogP) is 4.84. The molecule has 0 aliphatic rings. The molecule has 2 rings (SSSR count). The number of hydrogen-bond donors (Lipinski definition) is 0. The van der Waals surface area contributed by atoms with Crippen molar-refractivity contribution in [3.8, 4) is 5.75 Å². The number of halogens is 3. The van der Waals surface area contributed by atoms with E-state index in [1.807, 2.05) is 19.2 Å². The van der Waals surface area contributed by atoms with Crippen molar-refractivity contribution in [2.24, 2.45) is 0 Å². The second-order valence-electron chi connectivity index (χ2n) is 5.87. The van der Waals surface area contributed by atoms with Crippen LogP contribution in [0.4, 0.5) is 13.2 Å². The van der Waals surface area contributed by atoms with E-state index in [4.69, 9.17) is 4.74 Å². The molecule has 0 N–H and O–H groups in total. The monoisotopic (exact) mass is 386 g/mol. The molecule has 1 aromatic carbocycles. The van der Waals surface area contributed by atoms with Crippen LogP contribution in [-0.2, 0) is 6.61 Å². The predicted molar refractivity (Wildman–Crippen MR) is 94.5 cm³/mol. The maximum Gasteiger partial charge on any atom is 0.406 e. The summed E-state index contributed by atoms with van der Waals surface area (Å²) in [4.78, 5) is 17.6. The van der Waals surface area contributed by atoms with Crippen molar-refractivity contribution in [1.82, 2.24) is 9.88 Å². The van der Waals surface area contributed by atoms with Crippen LogP contribution >= 0.6 is 11.3 Å². The number of aromatic nitrogens is 1. The number of amides is 1. The Kier molecular flexibility index (Phi) is 7.02. The molecular formula is C18H21F3N2O2S. The number of aryl methyl sites for hydroxylation is 1. The topological polar surface area (TPSA) is 42.4 Å². The highest BCUT2D eigenvalue weighted by Crippen LogP contribution is 2.21. The molecular weight excluding hydrogens is 365 g/mol. The summed E-state index contributed by atoms with van der Waals surface area (Å²) < 4.78 is 43.9. The lowest BCUT2D eigenvalue weighted by Gasteiger charge is -2.24. The number of carbonyl (C=O) groups is 1. The van der Waals surface area contributed by atoms with Gasteiger partial charge in [-0.25, -0.2) is 4.98 Å². The van der Waals surface area contributed by atoms with Gasteiger partial charge in [-0.15, -0.1) is 11.3 Å². The Morgan fingerprint density at radius 3 is 2.73 bits per heavy atom. The summed E-state index contributed by atoms with van der Waals surface area (Å²) in [6.07, 6.45) is -3.21. The third-order valence-electron chi connectivity index (χ3n) is 3.57. The fourth-order valence-electron chi connectivity index (χ4n) is 2.35. The molecule has 26 heavy (non-hydrogen) atoms. The van der Waals surface area contributed by atoms with Crippen molar-refractivity contribution < 1.29 is 22.7 Å². The van der Waals surface area contributed by atoms with E-state index in [9.17, 15) is 18.0 Å². The standard InChI is InChI=1S/C18H21F3N2O2S/c1-3-4-8-23(12-18(19,20)21)17(24)14-6-5-7-16(9-14)25-10-15-11-26-13(2)22-15/h5-7,9,11H,3-4,8,10,12H2,1-2H3. The van der Waals surface area contributed by atoms with Crippen molar-refractivity contribution in [3.05, 3.63) is 45.9 Å². The second kappa shape index (κ2) is 9.02.